The van der Waals surface area contributed by atoms with Crippen molar-refractivity contribution in [3.8, 4) is 0 Å². The molecular formula is C16H15NS. The van der Waals surface area contributed by atoms with E-state index in [2.05, 4.69) is 61.0 Å². The topological polar surface area (TPSA) is 3.24 Å². The summed E-state index contributed by atoms with van der Waals surface area (Å²) < 4.78 is 0. The minimum absolute atomic E-state index is 1.11. The Bertz CT molecular complexity index is 631. The number of hydrogen-bond donors (Lipinski definition) is 0. The average Bonchev–Trinajstić information content (AvgIpc) is 2.38. The normalized spacial score (nSPS) is 12.9. The predicted molar refractivity (Wildman–Crippen MR) is 79.8 cm³/mol. The molecule has 0 amide bonds. The number of anilines is 2. The summed E-state index contributed by atoms with van der Waals surface area (Å²) >= 11 is 1.84. The number of para-hydroxylation sites is 1. The largest absolute Gasteiger partial charge is 0.343 e. The Morgan fingerprint density at radius 1 is 1.06 bits per heavy atom. The quantitative estimate of drug-likeness (QED) is 0.707. The van der Waals surface area contributed by atoms with Crippen LogP contribution in [0.2, 0.25) is 0 Å². The first-order valence-corrected chi connectivity index (χ1v) is 6.79. The Morgan fingerprint density at radius 3 is 2.56 bits per heavy atom. The highest BCUT2D eigenvalue weighted by molar-refractivity contribution is 7.99. The van der Waals surface area contributed by atoms with Crippen LogP contribution in [0.4, 0.5) is 11.4 Å². The first-order valence-electron chi connectivity index (χ1n) is 5.97. The smallest absolute Gasteiger partial charge is 0.0556 e. The van der Waals surface area contributed by atoms with Crippen LogP contribution in [0.3, 0.4) is 0 Å². The molecule has 1 nitrogen and oxygen atoms in total. The molecule has 3 rings (SSSR count). The van der Waals surface area contributed by atoms with Crippen molar-refractivity contribution in [2.45, 2.75) is 16.7 Å². The van der Waals surface area contributed by atoms with Gasteiger partial charge in [0.05, 0.1) is 11.4 Å². The maximum atomic E-state index is 4.02. The van der Waals surface area contributed by atoms with Crippen LogP contribution in [0.15, 0.2) is 58.8 Å². The molecule has 2 heteroatoms. The second-order valence-corrected chi connectivity index (χ2v) is 5.68. The van der Waals surface area contributed by atoms with Crippen LogP contribution >= 0.6 is 11.8 Å². The molecule has 0 radical (unpaired) electrons. The third kappa shape index (κ3) is 1.73. The predicted octanol–water partition coefficient (Wildman–Crippen LogP) is 4.95. The Kier molecular flexibility index (Phi) is 2.67. The van der Waals surface area contributed by atoms with Crippen molar-refractivity contribution in [1.82, 2.24) is 0 Å². The number of fused-ring (bicyclic) bond motifs is 2. The summed E-state index contributed by atoms with van der Waals surface area (Å²) in [6, 6.07) is 15.1. The molecule has 1 aliphatic heterocycles. The molecular weight excluding hydrogens is 238 g/mol. The standard InChI is InChI=1S/C16H15NS/c1-11(2)12-8-9-16-14(10-12)17(3)13-6-4-5-7-15(13)18-16/h4-10H,1H2,2-3H3. The number of hydrogen-bond acceptors (Lipinski definition) is 2. The number of nitrogens with zero attached hydrogens (tertiary/aromatic N) is 1. The summed E-state index contributed by atoms with van der Waals surface area (Å²) in [6.45, 7) is 6.07. The number of allylic oxidation sites excluding steroid dienone is 1. The number of rotatable bonds is 1. The van der Waals surface area contributed by atoms with E-state index in [1.807, 2.05) is 18.7 Å². The lowest BCUT2D eigenvalue weighted by atomic mass is 10.1. The van der Waals surface area contributed by atoms with Gasteiger partial charge < -0.3 is 4.90 Å². The van der Waals surface area contributed by atoms with E-state index in [-0.39, 0.29) is 0 Å². The van der Waals surface area contributed by atoms with E-state index >= 15 is 0 Å². The van der Waals surface area contributed by atoms with Crippen molar-refractivity contribution < 1.29 is 0 Å². The molecule has 1 heterocycles. The van der Waals surface area contributed by atoms with Crippen molar-refractivity contribution in [3.05, 3.63) is 54.6 Å². The van der Waals surface area contributed by atoms with Gasteiger partial charge in [-0.1, -0.05) is 42.1 Å². The lowest BCUT2D eigenvalue weighted by molar-refractivity contribution is 1.11. The van der Waals surface area contributed by atoms with Gasteiger partial charge in [-0.2, -0.15) is 0 Å². The van der Waals surface area contributed by atoms with Gasteiger partial charge in [-0.05, 0) is 36.8 Å². The molecule has 0 spiro atoms. The molecule has 18 heavy (non-hydrogen) atoms. The van der Waals surface area contributed by atoms with E-state index in [1.165, 1.54) is 26.7 Å². The lowest BCUT2D eigenvalue weighted by Crippen LogP contribution is -2.14. The summed E-state index contributed by atoms with van der Waals surface area (Å²) in [7, 11) is 2.12. The highest BCUT2D eigenvalue weighted by Gasteiger charge is 2.20. The first kappa shape index (κ1) is 11.4. The van der Waals surface area contributed by atoms with Gasteiger partial charge in [0.25, 0.3) is 0 Å². The fraction of sp³-hybridized carbons (Fsp3) is 0.125. The van der Waals surface area contributed by atoms with Gasteiger partial charge in [-0.3, -0.25) is 0 Å². The van der Waals surface area contributed by atoms with E-state index < -0.39 is 0 Å². The maximum Gasteiger partial charge on any atom is 0.0556 e. The average molecular weight is 253 g/mol. The molecule has 2 aromatic rings. The van der Waals surface area contributed by atoms with E-state index in [4.69, 9.17) is 0 Å². The molecule has 0 atom stereocenters. The molecule has 0 aliphatic carbocycles. The molecule has 0 saturated carbocycles. The van der Waals surface area contributed by atoms with E-state index in [0.717, 1.165) is 5.57 Å². The van der Waals surface area contributed by atoms with E-state index in [9.17, 15) is 0 Å². The van der Waals surface area contributed by atoms with E-state index in [0.29, 0.717) is 0 Å². The molecule has 0 bridgehead atoms. The number of benzene rings is 2. The molecule has 90 valence electrons. The zero-order valence-corrected chi connectivity index (χ0v) is 11.4. The van der Waals surface area contributed by atoms with Crippen LogP contribution < -0.4 is 4.90 Å². The highest BCUT2D eigenvalue weighted by Crippen LogP contribution is 2.47. The molecule has 0 unspecified atom stereocenters. The monoisotopic (exact) mass is 253 g/mol. The van der Waals surface area contributed by atoms with Gasteiger partial charge in [0, 0.05) is 16.8 Å². The molecule has 2 aromatic carbocycles. The van der Waals surface area contributed by atoms with Crippen LogP contribution in [0.5, 0.6) is 0 Å². The molecule has 0 fully saturated rings. The van der Waals surface area contributed by atoms with Gasteiger partial charge in [-0.15, -0.1) is 0 Å². The van der Waals surface area contributed by atoms with Crippen molar-refractivity contribution in [3.63, 3.8) is 0 Å². The Balaban J connectivity index is 2.14. The van der Waals surface area contributed by atoms with Gasteiger partial charge in [-0.25, -0.2) is 0 Å². The molecule has 1 aliphatic rings. The summed E-state index contributed by atoms with van der Waals surface area (Å²) in [5.74, 6) is 0. The molecule has 0 aromatic heterocycles. The minimum Gasteiger partial charge on any atom is -0.343 e. The zero-order valence-electron chi connectivity index (χ0n) is 10.6. The van der Waals surface area contributed by atoms with Crippen LogP contribution in [0.25, 0.3) is 5.57 Å². The lowest BCUT2D eigenvalue weighted by Gasteiger charge is -2.29. The van der Waals surface area contributed by atoms with Crippen molar-refractivity contribution in [2.24, 2.45) is 0 Å². The van der Waals surface area contributed by atoms with Crippen molar-refractivity contribution in [1.29, 1.82) is 0 Å². The third-order valence-electron chi connectivity index (χ3n) is 3.26. The highest BCUT2D eigenvalue weighted by atomic mass is 32.2. The second-order valence-electron chi connectivity index (χ2n) is 4.59. The molecule has 0 N–H and O–H groups in total. The van der Waals surface area contributed by atoms with Crippen molar-refractivity contribution in [2.75, 3.05) is 11.9 Å². The molecule has 0 saturated heterocycles. The summed E-state index contributed by atoms with van der Waals surface area (Å²) in [4.78, 5) is 4.88. The van der Waals surface area contributed by atoms with Gasteiger partial charge in [0.1, 0.15) is 0 Å². The van der Waals surface area contributed by atoms with Crippen LogP contribution in [-0.4, -0.2) is 7.05 Å². The van der Waals surface area contributed by atoms with E-state index in [1.54, 1.807) is 0 Å². The Hall–Kier alpha value is -1.67. The van der Waals surface area contributed by atoms with Gasteiger partial charge in [0.2, 0.25) is 0 Å². The summed E-state index contributed by atoms with van der Waals surface area (Å²) in [6.07, 6.45) is 0. The van der Waals surface area contributed by atoms with Gasteiger partial charge in [0.15, 0.2) is 0 Å². The van der Waals surface area contributed by atoms with Crippen LogP contribution in [0.1, 0.15) is 12.5 Å². The Labute approximate surface area is 112 Å². The van der Waals surface area contributed by atoms with Crippen LogP contribution in [-0.2, 0) is 0 Å². The zero-order chi connectivity index (χ0) is 12.7. The maximum absolute atomic E-state index is 4.02. The fourth-order valence-corrected chi connectivity index (χ4v) is 3.33. The minimum atomic E-state index is 1.11. The second kappa shape index (κ2) is 4.21. The summed E-state index contributed by atoms with van der Waals surface area (Å²) in [5, 5.41) is 0. The fourth-order valence-electron chi connectivity index (χ4n) is 2.20. The SMILES string of the molecule is C=C(C)c1ccc2c(c1)N(C)c1ccccc1S2. The van der Waals surface area contributed by atoms with Crippen molar-refractivity contribution >= 4 is 28.7 Å². The Morgan fingerprint density at radius 2 is 1.78 bits per heavy atom. The summed E-state index contributed by atoms with van der Waals surface area (Å²) in [5.41, 5.74) is 4.85. The third-order valence-corrected chi connectivity index (χ3v) is 4.39. The first-order chi connectivity index (χ1) is 8.66. The van der Waals surface area contributed by atoms with Gasteiger partial charge >= 0.3 is 0 Å². The van der Waals surface area contributed by atoms with Crippen LogP contribution in [0, 0.1) is 0 Å².